The molecule has 1 unspecified atom stereocenters. The molecule has 0 radical (unpaired) electrons. The zero-order valence-electron chi connectivity index (χ0n) is 25.3. The maximum absolute atomic E-state index is 14.9. The first-order valence-corrected chi connectivity index (χ1v) is 13.6. The lowest BCUT2D eigenvalue weighted by molar-refractivity contribution is 0.627. The van der Waals surface area contributed by atoms with Gasteiger partial charge in [-0.05, 0) is 50.2 Å². The zero-order chi connectivity index (χ0) is 30.4. The van der Waals surface area contributed by atoms with Crippen LogP contribution in [0.3, 0.4) is 0 Å². The van der Waals surface area contributed by atoms with E-state index in [4.69, 9.17) is 4.99 Å². The number of aliphatic imine (C=N–C) groups is 1. The second kappa shape index (κ2) is 18.2. The summed E-state index contributed by atoms with van der Waals surface area (Å²) in [5, 5.41) is 10.8. The molecule has 2 heterocycles. The molecular weight excluding hydrogens is 518 g/mol. The molecule has 8 heteroatoms. The van der Waals surface area contributed by atoms with E-state index in [-0.39, 0.29) is 25.2 Å². The monoisotopic (exact) mass is 566 g/mol. The number of nitrogens with two attached hydrogens (primary N) is 1. The normalized spacial score (nSPS) is 13.1. The number of benzene rings is 2. The van der Waals surface area contributed by atoms with E-state index in [0.717, 1.165) is 23.2 Å². The number of nitrogens with zero attached hydrogens (tertiary/aromatic N) is 3. The van der Waals surface area contributed by atoms with Crippen molar-refractivity contribution < 1.29 is 8.78 Å². The van der Waals surface area contributed by atoms with Gasteiger partial charge in [0, 0.05) is 42.7 Å². The summed E-state index contributed by atoms with van der Waals surface area (Å²) in [6.07, 6.45) is 3.44. The lowest BCUT2D eigenvalue weighted by Gasteiger charge is -2.14. The van der Waals surface area contributed by atoms with E-state index in [1.165, 1.54) is 12.3 Å². The highest BCUT2D eigenvalue weighted by Crippen LogP contribution is 2.33. The Morgan fingerprint density at radius 1 is 1.20 bits per heavy atom. The van der Waals surface area contributed by atoms with Gasteiger partial charge in [0.15, 0.2) is 0 Å². The summed E-state index contributed by atoms with van der Waals surface area (Å²) in [6, 6.07) is 10.2. The summed E-state index contributed by atoms with van der Waals surface area (Å²) in [7, 11) is 3.52. The third-order valence-electron chi connectivity index (χ3n) is 5.94. The number of halogens is 2. The smallest absolute Gasteiger partial charge is 0.146 e. The quantitative estimate of drug-likeness (QED) is 0.209. The minimum absolute atomic E-state index is 0. The Balaban J connectivity index is 0.00000184. The largest absolute Gasteiger partial charge is 0.405 e. The van der Waals surface area contributed by atoms with Crippen LogP contribution in [0.1, 0.15) is 71.4 Å². The highest BCUT2D eigenvalue weighted by molar-refractivity contribution is 6.03. The van der Waals surface area contributed by atoms with Crippen LogP contribution in [0.25, 0.3) is 17.0 Å². The summed E-state index contributed by atoms with van der Waals surface area (Å²) >= 11 is 0. The highest BCUT2D eigenvalue weighted by Gasteiger charge is 2.24. The SMILES string of the molecule is C.C=CN.CC.CC.CCc1ccc(-c2nn(C)c(C)c2C2=C=CC(/N=C(/C)c3cccc(F)c3NC)N2)c(F)c1. The van der Waals surface area contributed by atoms with E-state index in [1.54, 1.807) is 29.9 Å². The number of hydrogen-bond acceptors (Lipinski definition) is 5. The van der Waals surface area contributed by atoms with Gasteiger partial charge in [0.2, 0.25) is 0 Å². The molecule has 0 saturated heterocycles. The van der Waals surface area contributed by atoms with Gasteiger partial charge < -0.3 is 16.4 Å². The van der Waals surface area contributed by atoms with Crippen LogP contribution in [0.2, 0.25) is 0 Å². The molecule has 1 aromatic heterocycles. The van der Waals surface area contributed by atoms with Crippen molar-refractivity contribution >= 4 is 17.1 Å². The lowest BCUT2D eigenvalue weighted by Crippen LogP contribution is -2.22. The van der Waals surface area contributed by atoms with Crippen molar-refractivity contribution in [3.8, 4) is 11.3 Å². The van der Waals surface area contributed by atoms with Crippen molar-refractivity contribution in [2.45, 2.75) is 68.5 Å². The maximum Gasteiger partial charge on any atom is 0.146 e. The van der Waals surface area contributed by atoms with Crippen molar-refractivity contribution in [2.24, 2.45) is 17.8 Å². The molecule has 1 aliphatic rings. The fraction of sp³-hybridized carbons (Fsp3) is 0.364. The van der Waals surface area contributed by atoms with Gasteiger partial charge in [-0.1, -0.05) is 72.6 Å². The summed E-state index contributed by atoms with van der Waals surface area (Å²) in [5.74, 6) is -0.627. The van der Waals surface area contributed by atoms with Gasteiger partial charge in [0.25, 0.3) is 0 Å². The summed E-state index contributed by atoms with van der Waals surface area (Å²) in [5.41, 5.74) is 13.9. The molecule has 0 amide bonds. The molecule has 0 spiro atoms. The number of anilines is 1. The van der Waals surface area contributed by atoms with Gasteiger partial charge in [0.1, 0.15) is 23.5 Å². The Kier molecular flexibility index (Phi) is 16.4. The van der Waals surface area contributed by atoms with Crippen molar-refractivity contribution in [3.63, 3.8) is 0 Å². The Labute approximate surface area is 245 Å². The summed E-state index contributed by atoms with van der Waals surface area (Å²) < 4.78 is 30.8. The number of aryl methyl sites for hydroxylation is 2. The number of nitrogens with one attached hydrogen (secondary N) is 2. The first-order chi connectivity index (χ1) is 19.2. The molecule has 2 aromatic carbocycles. The lowest BCUT2D eigenvalue weighted by atomic mass is 10.0. The van der Waals surface area contributed by atoms with Gasteiger partial charge in [0.05, 0.1) is 16.9 Å². The van der Waals surface area contributed by atoms with Gasteiger partial charge >= 0.3 is 0 Å². The number of para-hydroxylation sites is 1. The van der Waals surface area contributed by atoms with Crippen LogP contribution in [0.5, 0.6) is 0 Å². The molecule has 0 fully saturated rings. The Bertz CT molecular complexity index is 1360. The van der Waals surface area contributed by atoms with E-state index in [1.807, 2.05) is 73.7 Å². The van der Waals surface area contributed by atoms with Crippen LogP contribution >= 0.6 is 0 Å². The molecule has 4 N–H and O–H groups in total. The van der Waals surface area contributed by atoms with E-state index in [0.29, 0.717) is 33.9 Å². The van der Waals surface area contributed by atoms with E-state index in [2.05, 4.69) is 33.8 Å². The Morgan fingerprint density at radius 2 is 1.83 bits per heavy atom. The van der Waals surface area contributed by atoms with E-state index in [9.17, 15) is 8.78 Å². The van der Waals surface area contributed by atoms with Crippen molar-refractivity contribution in [3.05, 3.63) is 95.0 Å². The molecule has 4 rings (SSSR count). The Morgan fingerprint density at radius 3 is 2.39 bits per heavy atom. The predicted molar refractivity (Wildman–Crippen MR) is 173 cm³/mol. The van der Waals surface area contributed by atoms with E-state index >= 15 is 0 Å². The van der Waals surface area contributed by atoms with Crippen molar-refractivity contribution in [1.82, 2.24) is 15.1 Å². The zero-order valence-corrected chi connectivity index (χ0v) is 25.3. The first-order valence-electron chi connectivity index (χ1n) is 13.6. The summed E-state index contributed by atoms with van der Waals surface area (Å²) in [4.78, 5) is 4.71. The van der Waals surface area contributed by atoms with Gasteiger partial charge in [-0.25, -0.2) is 8.78 Å². The van der Waals surface area contributed by atoms with Crippen LogP contribution in [-0.4, -0.2) is 28.7 Å². The van der Waals surface area contributed by atoms with Gasteiger partial charge in [-0.15, -0.1) is 0 Å². The molecule has 6 nitrogen and oxygen atoms in total. The third-order valence-corrected chi connectivity index (χ3v) is 5.94. The molecular formula is C33H48F2N6. The predicted octanol–water partition coefficient (Wildman–Crippen LogP) is 7.99. The van der Waals surface area contributed by atoms with Crippen LogP contribution in [0.15, 0.2) is 66.0 Å². The van der Waals surface area contributed by atoms with Gasteiger partial charge in [-0.2, -0.15) is 5.10 Å². The molecule has 1 atom stereocenters. The standard InChI is InChI=1S/C26H27F2N5.C2H5N.2C2H6.CH4/c1-6-17-10-11-19(21(28)14-17)26-24(16(3)33(5)32-26)22-12-13-23(31-22)30-15(2)18-8-7-9-20(27)25(18)29-4;1-2-3;2*1-2;/h7-11,13-14,23,29,31H,6H2,1-5H3;2H,1,3H2;2*1-2H3;1H4/b30-15-;;;;. The third kappa shape index (κ3) is 8.92. The minimum Gasteiger partial charge on any atom is -0.405 e. The number of rotatable bonds is 6. The molecule has 0 saturated carbocycles. The molecule has 1 aliphatic heterocycles. The molecule has 41 heavy (non-hydrogen) atoms. The van der Waals surface area contributed by atoms with Gasteiger partial charge in [-0.3, -0.25) is 9.67 Å². The average molecular weight is 567 g/mol. The summed E-state index contributed by atoms with van der Waals surface area (Å²) in [6.45, 7) is 16.9. The maximum atomic E-state index is 14.9. The highest BCUT2D eigenvalue weighted by atomic mass is 19.1. The number of aromatic nitrogens is 2. The van der Waals surface area contributed by atoms with Crippen LogP contribution in [-0.2, 0) is 13.5 Å². The molecule has 224 valence electrons. The topological polar surface area (TPSA) is 80.3 Å². The van der Waals surface area contributed by atoms with E-state index < -0.39 is 0 Å². The molecule has 3 aromatic rings. The average Bonchev–Trinajstić information content (AvgIpc) is 3.54. The second-order valence-electron chi connectivity index (χ2n) is 8.24. The first kappa shape index (κ1) is 36.8. The minimum atomic E-state index is -0.382. The van der Waals surface area contributed by atoms with Crippen molar-refractivity contribution in [1.29, 1.82) is 0 Å². The van der Waals surface area contributed by atoms with Crippen molar-refractivity contribution in [2.75, 3.05) is 12.4 Å². The molecule has 0 aliphatic carbocycles. The second-order valence-corrected chi connectivity index (χ2v) is 8.24. The van der Waals surface area contributed by atoms with Crippen LogP contribution in [0, 0.1) is 18.6 Å². The molecule has 0 bridgehead atoms. The number of hydrogen-bond donors (Lipinski definition) is 3. The Hall–Kier alpha value is -4.16. The fourth-order valence-electron chi connectivity index (χ4n) is 4.03. The van der Waals surface area contributed by atoms with Crippen LogP contribution < -0.4 is 16.4 Å². The van der Waals surface area contributed by atoms with Crippen LogP contribution in [0.4, 0.5) is 14.5 Å². The fourth-order valence-corrected chi connectivity index (χ4v) is 4.03.